The number of halogens is 3. The first kappa shape index (κ1) is 15.5. The van der Waals surface area contributed by atoms with Crippen molar-refractivity contribution in [3.8, 4) is 0 Å². The van der Waals surface area contributed by atoms with Crippen molar-refractivity contribution in [2.45, 2.75) is 19.4 Å². The summed E-state index contributed by atoms with van der Waals surface area (Å²) in [4.78, 5) is 0. The van der Waals surface area contributed by atoms with E-state index in [1.165, 1.54) is 17.2 Å². The molecule has 4 heteroatoms. The van der Waals surface area contributed by atoms with Crippen molar-refractivity contribution in [3.63, 3.8) is 0 Å². The Balaban J connectivity index is 2.28. The summed E-state index contributed by atoms with van der Waals surface area (Å²) in [6, 6.07) is 11.3. The molecule has 0 radical (unpaired) electrons. The average Bonchev–Trinajstić information content (AvgIpc) is 2.43. The Morgan fingerprint density at radius 3 is 2.65 bits per heavy atom. The van der Waals surface area contributed by atoms with Crippen molar-refractivity contribution in [2.75, 3.05) is 7.05 Å². The molecule has 0 fully saturated rings. The predicted octanol–water partition coefficient (Wildman–Crippen LogP) is 5.05. The highest BCUT2D eigenvalue weighted by molar-refractivity contribution is 9.10. The molecule has 2 aromatic rings. The summed E-state index contributed by atoms with van der Waals surface area (Å²) in [6.45, 7) is 2.06. The average molecular weight is 357 g/mol. The van der Waals surface area contributed by atoms with Crippen molar-refractivity contribution in [1.82, 2.24) is 5.32 Å². The van der Waals surface area contributed by atoms with Crippen LogP contribution in [0.4, 0.5) is 4.39 Å². The molecule has 106 valence electrons. The highest BCUT2D eigenvalue weighted by Gasteiger charge is 2.14. The van der Waals surface area contributed by atoms with Gasteiger partial charge in [-0.2, -0.15) is 0 Å². The van der Waals surface area contributed by atoms with Crippen LogP contribution >= 0.6 is 27.5 Å². The molecule has 0 amide bonds. The van der Waals surface area contributed by atoms with Crippen molar-refractivity contribution in [2.24, 2.45) is 0 Å². The largest absolute Gasteiger partial charge is 0.313 e. The van der Waals surface area contributed by atoms with Crippen LogP contribution in [-0.4, -0.2) is 7.05 Å². The monoisotopic (exact) mass is 355 g/mol. The molecular formula is C16H16BrClFN. The maximum Gasteiger partial charge on any atom is 0.142 e. The highest BCUT2D eigenvalue weighted by Crippen LogP contribution is 2.28. The number of nitrogens with one attached hydrogen (secondary N) is 1. The van der Waals surface area contributed by atoms with Gasteiger partial charge in [-0.15, -0.1) is 0 Å². The van der Waals surface area contributed by atoms with E-state index in [1.54, 1.807) is 6.07 Å². The lowest BCUT2D eigenvalue weighted by atomic mass is 9.97. The lowest BCUT2D eigenvalue weighted by Crippen LogP contribution is -2.19. The molecule has 1 nitrogen and oxygen atoms in total. The van der Waals surface area contributed by atoms with E-state index in [4.69, 9.17) is 11.6 Å². The van der Waals surface area contributed by atoms with E-state index in [0.29, 0.717) is 6.42 Å². The van der Waals surface area contributed by atoms with E-state index >= 15 is 0 Å². The van der Waals surface area contributed by atoms with Crippen LogP contribution in [0.25, 0.3) is 0 Å². The third kappa shape index (κ3) is 3.60. The Morgan fingerprint density at radius 2 is 2.00 bits per heavy atom. The second kappa shape index (κ2) is 6.70. The molecule has 0 saturated heterocycles. The van der Waals surface area contributed by atoms with E-state index in [1.807, 2.05) is 19.2 Å². The minimum absolute atomic E-state index is 0.116. The highest BCUT2D eigenvalue weighted by atomic mass is 79.9. The lowest BCUT2D eigenvalue weighted by Gasteiger charge is -2.19. The van der Waals surface area contributed by atoms with Crippen LogP contribution in [0, 0.1) is 12.7 Å². The molecule has 0 bridgehead atoms. The van der Waals surface area contributed by atoms with E-state index in [0.717, 1.165) is 10.0 Å². The quantitative estimate of drug-likeness (QED) is 0.808. The van der Waals surface area contributed by atoms with Gasteiger partial charge in [-0.3, -0.25) is 0 Å². The molecule has 0 aliphatic carbocycles. The molecule has 20 heavy (non-hydrogen) atoms. The van der Waals surface area contributed by atoms with Gasteiger partial charge in [-0.25, -0.2) is 4.39 Å². The van der Waals surface area contributed by atoms with Gasteiger partial charge < -0.3 is 5.32 Å². The zero-order chi connectivity index (χ0) is 14.7. The standard InChI is InChI=1S/C16H16BrClFN/c1-10-3-5-13(17)12(7-10)16(20-2)9-11-4-6-14(18)15(19)8-11/h3-8,16,20H,9H2,1-2H3. The summed E-state index contributed by atoms with van der Waals surface area (Å²) in [5.74, 6) is -0.373. The molecule has 1 N–H and O–H groups in total. The van der Waals surface area contributed by atoms with Gasteiger partial charge in [0, 0.05) is 10.5 Å². The normalized spacial score (nSPS) is 12.4. The number of hydrogen-bond donors (Lipinski definition) is 1. The SMILES string of the molecule is CNC(Cc1ccc(Cl)c(F)c1)c1cc(C)ccc1Br. The van der Waals surface area contributed by atoms with Crippen LogP contribution in [-0.2, 0) is 6.42 Å². The summed E-state index contributed by atoms with van der Waals surface area (Å²) >= 11 is 9.29. The third-order valence-electron chi connectivity index (χ3n) is 3.30. The van der Waals surface area contributed by atoms with Crippen LogP contribution in [0.5, 0.6) is 0 Å². The first-order valence-corrected chi connectivity index (χ1v) is 7.55. The van der Waals surface area contributed by atoms with Crippen molar-refractivity contribution in [1.29, 1.82) is 0 Å². The summed E-state index contributed by atoms with van der Waals surface area (Å²) in [6.07, 6.45) is 0.701. The Labute approximate surface area is 132 Å². The van der Waals surface area contributed by atoms with Crippen LogP contribution in [0.1, 0.15) is 22.7 Å². The molecule has 0 aliphatic heterocycles. The minimum Gasteiger partial charge on any atom is -0.313 e. The Bertz CT molecular complexity index is 615. The number of likely N-dealkylation sites (N-methyl/N-ethyl adjacent to an activating group) is 1. The van der Waals surface area contributed by atoms with Crippen molar-refractivity contribution < 1.29 is 4.39 Å². The van der Waals surface area contributed by atoms with E-state index in [-0.39, 0.29) is 16.9 Å². The molecule has 2 aromatic carbocycles. The number of benzene rings is 2. The molecule has 0 saturated carbocycles. The topological polar surface area (TPSA) is 12.0 Å². The number of aryl methyl sites for hydroxylation is 1. The molecule has 0 heterocycles. The molecule has 0 spiro atoms. The van der Waals surface area contributed by atoms with Gasteiger partial charge in [0.25, 0.3) is 0 Å². The van der Waals surface area contributed by atoms with Gasteiger partial charge in [-0.1, -0.05) is 51.3 Å². The van der Waals surface area contributed by atoms with Crippen LogP contribution in [0.3, 0.4) is 0 Å². The minimum atomic E-state index is -0.373. The first-order chi connectivity index (χ1) is 9.51. The van der Waals surface area contributed by atoms with Crippen LogP contribution in [0.15, 0.2) is 40.9 Å². The Hall–Kier alpha value is -0.900. The maximum atomic E-state index is 13.5. The van der Waals surface area contributed by atoms with Crippen LogP contribution in [0.2, 0.25) is 5.02 Å². The van der Waals surface area contributed by atoms with Gasteiger partial charge in [0.1, 0.15) is 5.82 Å². The van der Waals surface area contributed by atoms with E-state index in [2.05, 4.69) is 40.3 Å². The molecule has 0 aromatic heterocycles. The molecule has 0 aliphatic rings. The van der Waals surface area contributed by atoms with Gasteiger partial charge in [-0.05, 0) is 49.7 Å². The molecule has 2 rings (SSSR count). The zero-order valence-electron chi connectivity index (χ0n) is 11.4. The summed E-state index contributed by atoms with van der Waals surface area (Å²) < 4.78 is 14.6. The van der Waals surface area contributed by atoms with Gasteiger partial charge in [0.05, 0.1) is 5.02 Å². The lowest BCUT2D eigenvalue weighted by molar-refractivity contribution is 0.582. The summed E-state index contributed by atoms with van der Waals surface area (Å²) in [7, 11) is 1.91. The van der Waals surface area contributed by atoms with Crippen LogP contribution < -0.4 is 5.32 Å². The fourth-order valence-corrected chi connectivity index (χ4v) is 2.84. The third-order valence-corrected chi connectivity index (χ3v) is 4.33. The molecular weight excluding hydrogens is 341 g/mol. The predicted molar refractivity (Wildman–Crippen MR) is 85.8 cm³/mol. The van der Waals surface area contributed by atoms with Gasteiger partial charge in [0.2, 0.25) is 0 Å². The number of rotatable bonds is 4. The van der Waals surface area contributed by atoms with E-state index < -0.39 is 0 Å². The maximum absolute atomic E-state index is 13.5. The Morgan fingerprint density at radius 1 is 1.25 bits per heavy atom. The summed E-state index contributed by atoms with van der Waals surface area (Å²) in [5.41, 5.74) is 3.29. The second-order valence-electron chi connectivity index (χ2n) is 4.82. The summed E-state index contributed by atoms with van der Waals surface area (Å²) in [5, 5.41) is 3.44. The van der Waals surface area contributed by atoms with E-state index in [9.17, 15) is 4.39 Å². The van der Waals surface area contributed by atoms with Crippen molar-refractivity contribution >= 4 is 27.5 Å². The fraction of sp³-hybridized carbons (Fsp3) is 0.250. The Kier molecular flexibility index (Phi) is 5.19. The fourth-order valence-electron chi connectivity index (χ4n) is 2.20. The molecule has 1 atom stereocenters. The first-order valence-electron chi connectivity index (χ1n) is 6.38. The number of hydrogen-bond acceptors (Lipinski definition) is 1. The zero-order valence-corrected chi connectivity index (χ0v) is 13.7. The van der Waals surface area contributed by atoms with Gasteiger partial charge >= 0.3 is 0 Å². The van der Waals surface area contributed by atoms with Gasteiger partial charge in [0.15, 0.2) is 0 Å². The molecule has 1 unspecified atom stereocenters. The smallest absolute Gasteiger partial charge is 0.142 e. The van der Waals surface area contributed by atoms with Crippen molar-refractivity contribution in [3.05, 3.63) is 68.4 Å². The second-order valence-corrected chi connectivity index (χ2v) is 6.08.